The minimum atomic E-state index is -2.78. The third-order valence-electron chi connectivity index (χ3n) is 1.78. The molecule has 1 saturated heterocycles. The van der Waals surface area contributed by atoms with Crippen LogP contribution in [0.25, 0.3) is 0 Å². The molecule has 0 radical (unpaired) electrons. The molecule has 0 aliphatic carbocycles. The molecule has 0 amide bonds. The quantitative estimate of drug-likeness (QED) is 0.622. The van der Waals surface area contributed by atoms with Gasteiger partial charge in [0, 0.05) is 0 Å². The number of alkyl halides is 2. The number of hydrogen-bond acceptors (Lipinski definition) is 2. The van der Waals surface area contributed by atoms with Gasteiger partial charge in [-0.05, 0) is 13.0 Å². The maximum Gasteiger partial charge on any atom is 0.285 e. The first-order valence-electron chi connectivity index (χ1n) is 3.80. The van der Waals surface area contributed by atoms with Gasteiger partial charge in [-0.2, -0.15) is 0 Å². The van der Waals surface area contributed by atoms with Gasteiger partial charge in [0.2, 0.25) is 0 Å². The van der Waals surface area contributed by atoms with E-state index in [0.29, 0.717) is 13.0 Å². The van der Waals surface area contributed by atoms with E-state index in [1.165, 1.54) is 0 Å². The van der Waals surface area contributed by atoms with Crippen molar-refractivity contribution in [2.24, 2.45) is 0 Å². The van der Waals surface area contributed by atoms with Gasteiger partial charge in [0.25, 0.3) is 5.92 Å². The maximum absolute atomic E-state index is 12.9. The van der Waals surface area contributed by atoms with Gasteiger partial charge in [-0.1, -0.05) is 5.92 Å². The summed E-state index contributed by atoms with van der Waals surface area (Å²) in [6.07, 6.45) is 4.19. The molecule has 1 fully saturated rings. The van der Waals surface area contributed by atoms with Gasteiger partial charge in [0.15, 0.2) is 0 Å². The molecular formula is C8H11F2NO. The zero-order chi connectivity index (χ0) is 9.03. The first-order valence-corrected chi connectivity index (χ1v) is 3.80. The fourth-order valence-corrected chi connectivity index (χ4v) is 1.17. The SMILES string of the molecule is C#CCO[C@@H]1CCNCC1(F)F. The number of halogens is 2. The summed E-state index contributed by atoms with van der Waals surface area (Å²) in [7, 11) is 0. The lowest BCUT2D eigenvalue weighted by atomic mass is 10.1. The van der Waals surface area contributed by atoms with Crippen LogP contribution in [0.2, 0.25) is 0 Å². The predicted octanol–water partition coefficient (Wildman–Crippen LogP) is 0.633. The van der Waals surface area contributed by atoms with E-state index in [9.17, 15) is 8.78 Å². The summed E-state index contributed by atoms with van der Waals surface area (Å²) in [5.41, 5.74) is 0. The molecule has 0 spiro atoms. The van der Waals surface area contributed by atoms with Gasteiger partial charge < -0.3 is 10.1 Å². The van der Waals surface area contributed by atoms with E-state index in [1.54, 1.807) is 0 Å². The Labute approximate surface area is 70.3 Å². The lowest BCUT2D eigenvalue weighted by molar-refractivity contribution is -0.142. The largest absolute Gasteiger partial charge is 0.359 e. The highest BCUT2D eigenvalue weighted by Gasteiger charge is 2.42. The topological polar surface area (TPSA) is 21.3 Å². The van der Waals surface area contributed by atoms with Crippen molar-refractivity contribution in [2.45, 2.75) is 18.4 Å². The maximum atomic E-state index is 12.9. The van der Waals surface area contributed by atoms with E-state index in [-0.39, 0.29) is 13.2 Å². The number of hydrogen-bond donors (Lipinski definition) is 1. The molecule has 0 aromatic carbocycles. The number of nitrogens with one attached hydrogen (secondary N) is 1. The lowest BCUT2D eigenvalue weighted by Gasteiger charge is -2.31. The summed E-state index contributed by atoms with van der Waals surface area (Å²) < 4.78 is 30.7. The van der Waals surface area contributed by atoms with Gasteiger partial charge in [0.05, 0.1) is 6.54 Å². The van der Waals surface area contributed by atoms with Crippen molar-refractivity contribution >= 4 is 0 Å². The van der Waals surface area contributed by atoms with Gasteiger partial charge in [0.1, 0.15) is 12.7 Å². The van der Waals surface area contributed by atoms with E-state index in [0.717, 1.165) is 0 Å². The van der Waals surface area contributed by atoms with Crippen molar-refractivity contribution in [2.75, 3.05) is 19.7 Å². The average Bonchev–Trinajstić information content (AvgIpc) is 2.02. The van der Waals surface area contributed by atoms with Crippen molar-refractivity contribution in [3.05, 3.63) is 0 Å². The Hall–Kier alpha value is -0.660. The van der Waals surface area contributed by atoms with Crippen LogP contribution in [0.3, 0.4) is 0 Å². The summed E-state index contributed by atoms with van der Waals surface area (Å²) >= 11 is 0. The number of terminal acetylenes is 1. The second-order valence-electron chi connectivity index (χ2n) is 2.73. The number of ether oxygens (including phenoxy) is 1. The van der Waals surface area contributed by atoms with Gasteiger partial charge in [-0.15, -0.1) is 6.42 Å². The molecule has 12 heavy (non-hydrogen) atoms. The van der Waals surface area contributed by atoms with Crippen molar-refractivity contribution in [3.63, 3.8) is 0 Å². The Kier molecular flexibility index (Phi) is 3.01. The molecule has 1 atom stereocenters. The molecule has 1 rings (SSSR count). The molecule has 0 bridgehead atoms. The Balaban J connectivity index is 2.44. The van der Waals surface area contributed by atoms with Crippen LogP contribution in [0.4, 0.5) is 8.78 Å². The molecule has 4 heteroatoms. The van der Waals surface area contributed by atoms with Gasteiger partial charge in [-0.3, -0.25) is 0 Å². The van der Waals surface area contributed by atoms with Gasteiger partial charge in [-0.25, -0.2) is 8.78 Å². The van der Waals surface area contributed by atoms with E-state index < -0.39 is 12.0 Å². The van der Waals surface area contributed by atoms with E-state index in [2.05, 4.69) is 11.2 Å². The molecule has 0 unspecified atom stereocenters. The van der Waals surface area contributed by atoms with Crippen LogP contribution in [0.5, 0.6) is 0 Å². The highest BCUT2D eigenvalue weighted by Crippen LogP contribution is 2.25. The summed E-state index contributed by atoms with van der Waals surface area (Å²) in [5.74, 6) is -0.606. The third-order valence-corrected chi connectivity index (χ3v) is 1.78. The normalized spacial score (nSPS) is 27.9. The molecular weight excluding hydrogens is 164 g/mol. The Morgan fingerprint density at radius 2 is 2.42 bits per heavy atom. The Morgan fingerprint density at radius 1 is 1.67 bits per heavy atom. The van der Waals surface area contributed by atoms with E-state index in [4.69, 9.17) is 11.2 Å². The molecule has 0 aromatic heterocycles. The monoisotopic (exact) mass is 175 g/mol. The van der Waals surface area contributed by atoms with Crippen molar-refractivity contribution in [1.82, 2.24) is 5.32 Å². The molecule has 68 valence electrons. The smallest absolute Gasteiger partial charge is 0.285 e. The molecule has 2 nitrogen and oxygen atoms in total. The molecule has 1 heterocycles. The molecule has 1 N–H and O–H groups in total. The van der Waals surface area contributed by atoms with Crippen LogP contribution < -0.4 is 5.32 Å². The van der Waals surface area contributed by atoms with Crippen LogP contribution in [0, 0.1) is 12.3 Å². The average molecular weight is 175 g/mol. The zero-order valence-corrected chi connectivity index (χ0v) is 6.65. The highest BCUT2D eigenvalue weighted by molar-refractivity contribution is 4.89. The summed E-state index contributed by atoms with van der Waals surface area (Å²) in [5, 5.41) is 2.60. The standard InChI is InChI=1S/C8H11F2NO/c1-2-5-12-7-3-4-11-6-8(7,9)10/h1,7,11H,3-6H2/t7-/m1/s1. The second-order valence-corrected chi connectivity index (χ2v) is 2.73. The zero-order valence-electron chi connectivity index (χ0n) is 6.65. The van der Waals surface area contributed by atoms with Crippen molar-refractivity contribution in [3.8, 4) is 12.3 Å². The minimum Gasteiger partial charge on any atom is -0.359 e. The number of rotatable bonds is 2. The molecule has 1 aliphatic rings. The van der Waals surface area contributed by atoms with Gasteiger partial charge >= 0.3 is 0 Å². The van der Waals surface area contributed by atoms with E-state index >= 15 is 0 Å². The van der Waals surface area contributed by atoms with Crippen LogP contribution in [-0.4, -0.2) is 31.7 Å². The Morgan fingerprint density at radius 3 is 3.00 bits per heavy atom. The Bertz CT molecular complexity index is 188. The fourth-order valence-electron chi connectivity index (χ4n) is 1.17. The molecule has 1 aliphatic heterocycles. The van der Waals surface area contributed by atoms with Crippen molar-refractivity contribution < 1.29 is 13.5 Å². The summed E-state index contributed by atoms with van der Waals surface area (Å²) in [6, 6.07) is 0. The number of piperidine rings is 1. The highest BCUT2D eigenvalue weighted by atomic mass is 19.3. The predicted molar refractivity (Wildman–Crippen MR) is 41.0 cm³/mol. The van der Waals surface area contributed by atoms with Crippen LogP contribution in [-0.2, 0) is 4.74 Å². The summed E-state index contributed by atoms with van der Waals surface area (Å²) in [6.45, 7) is 0.202. The minimum absolute atomic E-state index is 0.0414. The molecule has 0 saturated carbocycles. The lowest BCUT2D eigenvalue weighted by Crippen LogP contribution is -2.50. The first-order chi connectivity index (χ1) is 5.67. The van der Waals surface area contributed by atoms with E-state index in [1.807, 2.05) is 0 Å². The second kappa shape index (κ2) is 3.83. The third kappa shape index (κ3) is 2.16. The molecule has 0 aromatic rings. The first kappa shape index (κ1) is 9.43. The fraction of sp³-hybridized carbons (Fsp3) is 0.750. The van der Waals surface area contributed by atoms with Crippen LogP contribution >= 0.6 is 0 Å². The van der Waals surface area contributed by atoms with Crippen molar-refractivity contribution in [1.29, 1.82) is 0 Å². The van der Waals surface area contributed by atoms with Crippen LogP contribution in [0.1, 0.15) is 6.42 Å². The summed E-state index contributed by atoms with van der Waals surface area (Å²) in [4.78, 5) is 0. The van der Waals surface area contributed by atoms with Crippen LogP contribution in [0.15, 0.2) is 0 Å².